The molecule has 1 aromatic heterocycles. The largest absolute Gasteiger partial charge is 0.306 e. The first-order valence-electron chi connectivity index (χ1n) is 6.03. The van der Waals surface area contributed by atoms with Crippen LogP contribution in [-0.4, -0.2) is 11.0 Å². The van der Waals surface area contributed by atoms with Crippen molar-refractivity contribution in [2.45, 2.75) is 52.1 Å². The molecule has 1 aromatic rings. The van der Waals surface area contributed by atoms with E-state index < -0.39 is 0 Å². The fraction of sp³-hybridized carbons (Fsp3) is 0.615. The number of nitrogens with one attached hydrogen (secondary N) is 1. The normalized spacial score (nSPS) is 25.3. The van der Waals surface area contributed by atoms with Crippen LogP contribution in [0.1, 0.15) is 51.8 Å². The summed E-state index contributed by atoms with van der Waals surface area (Å²) in [7, 11) is 0. The third-order valence-corrected chi connectivity index (χ3v) is 2.66. The van der Waals surface area contributed by atoms with Crippen molar-refractivity contribution in [3.63, 3.8) is 0 Å². The predicted octanol–water partition coefficient (Wildman–Crippen LogP) is 3.31. The second-order valence-corrected chi connectivity index (χ2v) is 3.81. The summed E-state index contributed by atoms with van der Waals surface area (Å²) in [6.45, 7) is 6.25. The highest BCUT2D eigenvalue weighted by molar-refractivity contribution is 5.09. The van der Waals surface area contributed by atoms with Crippen molar-refractivity contribution >= 4 is 0 Å². The van der Waals surface area contributed by atoms with E-state index in [4.69, 9.17) is 0 Å². The molecule has 84 valence electrons. The Balaban J connectivity index is 0.000000531. The number of aromatic nitrogens is 1. The first-order chi connectivity index (χ1) is 7.36. The molecule has 15 heavy (non-hydrogen) atoms. The quantitative estimate of drug-likeness (QED) is 0.762. The highest BCUT2D eigenvalue weighted by Gasteiger charge is 2.19. The molecule has 1 fully saturated rings. The number of pyridine rings is 1. The Morgan fingerprint density at radius 1 is 1.27 bits per heavy atom. The zero-order valence-corrected chi connectivity index (χ0v) is 10.0. The van der Waals surface area contributed by atoms with Gasteiger partial charge in [-0.25, -0.2) is 0 Å². The third-order valence-electron chi connectivity index (χ3n) is 2.66. The highest BCUT2D eigenvalue weighted by atomic mass is 15.0. The van der Waals surface area contributed by atoms with Crippen LogP contribution in [0, 0.1) is 0 Å². The van der Waals surface area contributed by atoms with Crippen molar-refractivity contribution < 1.29 is 0 Å². The molecule has 1 aliphatic rings. The SMILES string of the molecule is CC.C[C@@H]1CCC[C@@H](c2ccccn2)N1. The van der Waals surface area contributed by atoms with Gasteiger partial charge in [-0.15, -0.1) is 0 Å². The van der Waals surface area contributed by atoms with Gasteiger partial charge >= 0.3 is 0 Å². The van der Waals surface area contributed by atoms with Crippen LogP contribution in [0.25, 0.3) is 0 Å². The Morgan fingerprint density at radius 3 is 2.67 bits per heavy atom. The summed E-state index contributed by atoms with van der Waals surface area (Å²) in [5.74, 6) is 0. The van der Waals surface area contributed by atoms with Gasteiger partial charge in [0.05, 0.1) is 5.69 Å². The van der Waals surface area contributed by atoms with Crippen molar-refractivity contribution in [1.29, 1.82) is 0 Å². The van der Waals surface area contributed by atoms with E-state index in [1.807, 2.05) is 26.1 Å². The van der Waals surface area contributed by atoms with Gasteiger partial charge in [0.2, 0.25) is 0 Å². The smallest absolute Gasteiger partial charge is 0.0573 e. The van der Waals surface area contributed by atoms with E-state index in [0.717, 1.165) is 0 Å². The summed E-state index contributed by atoms with van der Waals surface area (Å²) in [6.07, 6.45) is 5.70. The maximum atomic E-state index is 4.37. The second kappa shape index (κ2) is 6.57. The van der Waals surface area contributed by atoms with E-state index >= 15 is 0 Å². The highest BCUT2D eigenvalue weighted by Crippen LogP contribution is 2.23. The standard InChI is InChI=1S/C11H16N2.C2H6/c1-9-5-4-7-11(13-9)10-6-2-3-8-12-10;1-2/h2-3,6,8-9,11,13H,4-5,7H2,1H3;1-2H3/t9-,11+;/m1./s1. The van der Waals surface area contributed by atoms with Crippen LogP contribution in [0.15, 0.2) is 24.4 Å². The van der Waals surface area contributed by atoms with E-state index in [1.54, 1.807) is 0 Å². The van der Waals surface area contributed by atoms with Gasteiger partial charge in [0.25, 0.3) is 0 Å². The minimum atomic E-state index is 0.477. The minimum Gasteiger partial charge on any atom is -0.306 e. The molecule has 2 rings (SSSR count). The van der Waals surface area contributed by atoms with Crippen LogP contribution < -0.4 is 5.32 Å². The van der Waals surface area contributed by atoms with Crippen molar-refractivity contribution in [3.8, 4) is 0 Å². The molecule has 2 nitrogen and oxygen atoms in total. The van der Waals surface area contributed by atoms with Crippen LogP contribution >= 0.6 is 0 Å². The molecular weight excluding hydrogens is 184 g/mol. The number of hydrogen-bond donors (Lipinski definition) is 1. The Morgan fingerprint density at radius 2 is 2.07 bits per heavy atom. The lowest BCUT2D eigenvalue weighted by molar-refractivity contribution is 0.336. The van der Waals surface area contributed by atoms with Crippen molar-refractivity contribution in [2.24, 2.45) is 0 Å². The third kappa shape index (κ3) is 3.63. The van der Waals surface area contributed by atoms with E-state index in [2.05, 4.69) is 29.4 Å². The molecular formula is C13H22N2. The Bertz CT molecular complexity index is 258. The summed E-state index contributed by atoms with van der Waals surface area (Å²) in [5, 5.41) is 3.57. The molecule has 2 heterocycles. The molecule has 0 saturated carbocycles. The summed E-state index contributed by atoms with van der Waals surface area (Å²) >= 11 is 0. The summed E-state index contributed by atoms with van der Waals surface area (Å²) < 4.78 is 0. The van der Waals surface area contributed by atoms with Gasteiger partial charge < -0.3 is 5.32 Å². The lowest BCUT2D eigenvalue weighted by Gasteiger charge is -2.28. The number of hydrogen-bond acceptors (Lipinski definition) is 2. The lowest BCUT2D eigenvalue weighted by atomic mass is 9.97. The first-order valence-corrected chi connectivity index (χ1v) is 6.03. The maximum Gasteiger partial charge on any atom is 0.0573 e. The molecule has 0 unspecified atom stereocenters. The summed E-state index contributed by atoms with van der Waals surface area (Å²) in [5.41, 5.74) is 1.19. The Labute approximate surface area is 93.1 Å². The fourth-order valence-electron chi connectivity index (χ4n) is 1.95. The molecule has 1 N–H and O–H groups in total. The van der Waals surface area contributed by atoms with E-state index in [9.17, 15) is 0 Å². The Kier molecular flexibility index (Phi) is 5.33. The molecule has 2 heteroatoms. The fourth-order valence-corrected chi connectivity index (χ4v) is 1.95. The topological polar surface area (TPSA) is 24.9 Å². The second-order valence-electron chi connectivity index (χ2n) is 3.81. The summed E-state index contributed by atoms with van der Waals surface area (Å²) in [6, 6.07) is 7.25. The Hall–Kier alpha value is -0.890. The van der Waals surface area contributed by atoms with E-state index in [-0.39, 0.29) is 0 Å². The van der Waals surface area contributed by atoms with Gasteiger partial charge in [0, 0.05) is 18.3 Å². The molecule has 1 aliphatic heterocycles. The molecule has 0 aromatic carbocycles. The molecule has 0 radical (unpaired) electrons. The number of rotatable bonds is 1. The number of nitrogens with zero attached hydrogens (tertiary/aromatic N) is 1. The molecule has 0 bridgehead atoms. The van der Waals surface area contributed by atoms with Gasteiger partial charge in [-0.3, -0.25) is 4.98 Å². The maximum absolute atomic E-state index is 4.37. The van der Waals surface area contributed by atoms with Gasteiger partial charge in [-0.1, -0.05) is 19.9 Å². The van der Waals surface area contributed by atoms with Gasteiger partial charge in [-0.2, -0.15) is 0 Å². The van der Waals surface area contributed by atoms with Crippen LogP contribution in [0.5, 0.6) is 0 Å². The predicted molar refractivity (Wildman–Crippen MR) is 64.8 cm³/mol. The average Bonchev–Trinajstić information content (AvgIpc) is 2.33. The molecule has 1 saturated heterocycles. The first kappa shape index (κ1) is 12.2. The minimum absolute atomic E-state index is 0.477. The monoisotopic (exact) mass is 206 g/mol. The van der Waals surface area contributed by atoms with Gasteiger partial charge in [0.15, 0.2) is 0 Å². The van der Waals surface area contributed by atoms with E-state index in [1.165, 1.54) is 25.0 Å². The average molecular weight is 206 g/mol. The lowest BCUT2D eigenvalue weighted by Crippen LogP contribution is -2.34. The van der Waals surface area contributed by atoms with Crippen LogP contribution in [-0.2, 0) is 0 Å². The van der Waals surface area contributed by atoms with Crippen molar-refractivity contribution in [3.05, 3.63) is 30.1 Å². The zero-order chi connectivity index (χ0) is 11.1. The molecule has 0 spiro atoms. The number of piperidine rings is 1. The van der Waals surface area contributed by atoms with Gasteiger partial charge in [-0.05, 0) is 38.3 Å². The van der Waals surface area contributed by atoms with Crippen molar-refractivity contribution in [1.82, 2.24) is 10.3 Å². The van der Waals surface area contributed by atoms with Crippen molar-refractivity contribution in [2.75, 3.05) is 0 Å². The zero-order valence-electron chi connectivity index (χ0n) is 10.0. The van der Waals surface area contributed by atoms with Crippen LogP contribution in [0.3, 0.4) is 0 Å². The van der Waals surface area contributed by atoms with Gasteiger partial charge in [0.1, 0.15) is 0 Å². The van der Waals surface area contributed by atoms with Crippen LogP contribution in [0.2, 0.25) is 0 Å². The summed E-state index contributed by atoms with van der Waals surface area (Å²) in [4.78, 5) is 4.37. The van der Waals surface area contributed by atoms with E-state index in [0.29, 0.717) is 12.1 Å². The molecule has 2 atom stereocenters. The molecule has 0 amide bonds. The van der Waals surface area contributed by atoms with Crippen LogP contribution in [0.4, 0.5) is 0 Å². The molecule has 0 aliphatic carbocycles.